The van der Waals surface area contributed by atoms with Crippen LogP contribution < -0.4 is 5.32 Å². The minimum absolute atomic E-state index is 0.522. The average Bonchev–Trinajstić information content (AvgIpc) is 2.46. The SMILES string of the molecule is COCCCCCNCC(O)c1ccc(C#N)cc1. The summed E-state index contributed by atoms with van der Waals surface area (Å²) in [6.07, 6.45) is 2.78. The summed E-state index contributed by atoms with van der Waals surface area (Å²) in [6, 6.07) is 9.10. The van der Waals surface area contributed by atoms with E-state index in [-0.39, 0.29) is 0 Å². The van der Waals surface area contributed by atoms with Crippen molar-refractivity contribution in [2.45, 2.75) is 25.4 Å². The molecule has 1 atom stereocenters. The van der Waals surface area contributed by atoms with Crippen molar-refractivity contribution in [3.05, 3.63) is 35.4 Å². The van der Waals surface area contributed by atoms with Crippen LogP contribution in [-0.2, 0) is 4.74 Å². The molecule has 0 aliphatic carbocycles. The highest BCUT2D eigenvalue weighted by molar-refractivity contribution is 5.32. The molecule has 2 N–H and O–H groups in total. The lowest BCUT2D eigenvalue weighted by Gasteiger charge is -2.12. The third-order valence-corrected chi connectivity index (χ3v) is 2.96. The van der Waals surface area contributed by atoms with Gasteiger partial charge in [-0.25, -0.2) is 0 Å². The van der Waals surface area contributed by atoms with Gasteiger partial charge in [-0.2, -0.15) is 5.26 Å². The Morgan fingerprint density at radius 3 is 2.63 bits per heavy atom. The summed E-state index contributed by atoms with van der Waals surface area (Å²) < 4.78 is 4.98. The molecule has 0 aliphatic heterocycles. The summed E-state index contributed by atoms with van der Waals surface area (Å²) in [5.41, 5.74) is 1.45. The van der Waals surface area contributed by atoms with Gasteiger partial charge in [0.15, 0.2) is 0 Å². The molecule has 4 nitrogen and oxygen atoms in total. The number of unbranched alkanes of at least 4 members (excludes halogenated alkanes) is 2. The van der Waals surface area contributed by atoms with E-state index in [1.165, 1.54) is 0 Å². The van der Waals surface area contributed by atoms with Gasteiger partial charge in [0.2, 0.25) is 0 Å². The lowest BCUT2D eigenvalue weighted by molar-refractivity contribution is 0.173. The Kier molecular flexibility index (Phi) is 7.83. The molecular formula is C15H22N2O2. The van der Waals surface area contributed by atoms with E-state index in [0.29, 0.717) is 12.1 Å². The maximum atomic E-state index is 9.96. The highest BCUT2D eigenvalue weighted by atomic mass is 16.5. The lowest BCUT2D eigenvalue weighted by Crippen LogP contribution is -2.22. The van der Waals surface area contributed by atoms with Gasteiger partial charge in [0, 0.05) is 20.3 Å². The van der Waals surface area contributed by atoms with Gasteiger partial charge in [-0.15, -0.1) is 0 Å². The van der Waals surface area contributed by atoms with Crippen molar-refractivity contribution in [2.24, 2.45) is 0 Å². The Labute approximate surface area is 115 Å². The van der Waals surface area contributed by atoms with E-state index in [1.807, 2.05) is 0 Å². The lowest BCUT2D eigenvalue weighted by atomic mass is 10.1. The van der Waals surface area contributed by atoms with E-state index in [1.54, 1.807) is 31.4 Å². The van der Waals surface area contributed by atoms with Crippen molar-refractivity contribution in [3.63, 3.8) is 0 Å². The minimum atomic E-state index is -0.522. The van der Waals surface area contributed by atoms with Crippen molar-refractivity contribution in [1.82, 2.24) is 5.32 Å². The molecule has 0 fully saturated rings. The minimum Gasteiger partial charge on any atom is -0.387 e. The number of methoxy groups -OCH3 is 1. The Morgan fingerprint density at radius 2 is 2.00 bits per heavy atom. The van der Waals surface area contributed by atoms with Crippen molar-refractivity contribution in [3.8, 4) is 6.07 Å². The van der Waals surface area contributed by atoms with Crippen LogP contribution in [0.1, 0.15) is 36.5 Å². The van der Waals surface area contributed by atoms with E-state index in [2.05, 4.69) is 11.4 Å². The molecule has 1 aromatic carbocycles. The normalized spacial score (nSPS) is 12.1. The number of aliphatic hydroxyl groups excluding tert-OH is 1. The van der Waals surface area contributed by atoms with Crippen molar-refractivity contribution in [1.29, 1.82) is 5.26 Å². The predicted octanol–water partition coefficient (Wildman–Crippen LogP) is 2.00. The highest BCUT2D eigenvalue weighted by Crippen LogP contribution is 2.12. The van der Waals surface area contributed by atoms with Crippen LogP contribution in [0.25, 0.3) is 0 Å². The Morgan fingerprint density at radius 1 is 1.26 bits per heavy atom. The third kappa shape index (κ3) is 6.35. The quantitative estimate of drug-likeness (QED) is 0.668. The standard InChI is InChI=1S/C15H22N2O2/c1-19-10-4-2-3-9-17-12-15(18)14-7-5-13(11-16)6-8-14/h5-8,15,17-18H,2-4,9-10,12H2,1H3. The number of rotatable bonds is 9. The molecule has 19 heavy (non-hydrogen) atoms. The van der Waals surface area contributed by atoms with Crippen molar-refractivity contribution in [2.75, 3.05) is 26.8 Å². The fourth-order valence-electron chi connectivity index (χ4n) is 1.81. The van der Waals surface area contributed by atoms with E-state index in [0.717, 1.165) is 38.0 Å². The predicted molar refractivity (Wildman–Crippen MR) is 74.7 cm³/mol. The van der Waals surface area contributed by atoms with Gasteiger partial charge < -0.3 is 15.2 Å². The van der Waals surface area contributed by atoms with E-state index < -0.39 is 6.10 Å². The molecule has 0 aromatic heterocycles. The molecule has 0 saturated carbocycles. The summed E-state index contributed by atoms with van der Waals surface area (Å²) in [5.74, 6) is 0. The molecule has 4 heteroatoms. The molecule has 1 unspecified atom stereocenters. The zero-order chi connectivity index (χ0) is 13.9. The summed E-state index contributed by atoms with van der Waals surface area (Å²) in [7, 11) is 1.71. The number of nitrogens with one attached hydrogen (secondary N) is 1. The highest BCUT2D eigenvalue weighted by Gasteiger charge is 2.06. The van der Waals surface area contributed by atoms with Crippen LogP contribution in [0.15, 0.2) is 24.3 Å². The molecule has 0 saturated heterocycles. The van der Waals surface area contributed by atoms with E-state index >= 15 is 0 Å². The molecule has 0 radical (unpaired) electrons. The molecule has 104 valence electrons. The molecular weight excluding hydrogens is 240 g/mol. The smallest absolute Gasteiger partial charge is 0.0991 e. The zero-order valence-corrected chi connectivity index (χ0v) is 11.4. The van der Waals surface area contributed by atoms with Gasteiger partial charge in [-0.1, -0.05) is 12.1 Å². The number of nitriles is 1. The van der Waals surface area contributed by atoms with Crippen molar-refractivity contribution < 1.29 is 9.84 Å². The summed E-state index contributed by atoms with van der Waals surface area (Å²) in [5, 5.41) is 21.9. The monoisotopic (exact) mass is 262 g/mol. The molecule has 0 aliphatic rings. The first-order valence-corrected chi connectivity index (χ1v) is 6.65. The fourth-order valence-corrected chi connectivity index (χ4v) is 1.81. The molecule has 0 amide bonds. The van der Waals surface area contributed by atoms with Gasteiger partial charge in [0.1, 0.15) is 0 Å². The number of nitrogens with zero attached hydrogens (tertiary/aromatic N) is 1. The van der Waals surface area contributed by atoms with Crippen LogP contribution in [0.3, 0.4) is 0 Å². The second kappa shape index (κ2) is 9.51. The Balaban J connectivity index is 2.16. The summed E-state index contributed by atoms with van der Waals surface area (Å²) in [6.45, 7) is 2.25. The number of benzene rings is 1. The largest absolute Gasteiger partial charge is 0.387 e. The third-order valence-electron chi connectivity index (χ3n) is 2.96. The van der Waals surface area contributed by atoms with Crippen molar-refractivity contribution >= 4 is 0 Å². The fraction of sp³-hybridized carbons (Fsp3) is 0.533. The van der Waals surface area contributed by atoms with Crippen LogP contribution >= 0.6 is 0 Å². The maximum Gasteiger partial charge on any atom is 0.0991 e. The summed E-state index contributed by atoms with van der Waals surface area (Å²) in [4.78, 5) is 0. The molecule has 1 aromatic rings. The first kappa shape index (κ1) is 15.6. The molecule has 0 heterocycles. The number of ether oxygens (including phenoxy) is 1. The Hall–Kier alpha value is -1.41. The van der Waals surface area contributed by atoms with Gasteiger partial charge >= 0.3 is 0 Å². The topological polar surface area (TPSA) is 65.3 Å². The second-order valence-corrected chi connectivity index (χ2v) is 4.51. The van der Waals surface area contributed by atoms with E-state index in [4.69, 9.17) is 10.00 Å². The zero-order valence-electron chi connectivity index (χ0n) is 11.4. The first-order valence-electron chi connectivity index (χ1n) is 6.65. The van der Waals surface area contributed by atoms with Gasteiger partial charge in [0.25, 0.3) is 0 Å². The molecule has 1 rings (SSSR count). The average molecular weight is 262 g/mol. The van der Waals surface area contributed by atoms with E-state index in [9.17, 15) is 5.11 Å². The van der Waals surface area contributed by atoms with Crippen LogP contribution in [0.2, 0.25) is 0 Å². The number of hydrogen-bond acceptors (Lipinski definition) is 4. The van der Waals surface area contributed by atoms with Gasteiger partial charge in [0.05, 0.1) is 17.7 Å². The van der Waals surface area contributed by atoms with Crippen LogP contribution in [0.4, 0.5) is 0 Å². The van der Waals surface area contributed by atoms with Crippen LogP contribution in [0.5, 0.6) is 0 Å². The second-order valence-electron chi connectivity index (χ2n) is 4.51. The van der Waals surface area contributed by atoms with Gasteiger partial charge in [-0.3, -0.25) is 0 Å². The van der Waals surface area contributed by atoms with Gasteiger partial charge in [-0.05, 0) is 43.5 Å². The number of aliphatic hydroxyl groups is 1. The van der Waals surface area contributed by atoms with Crippen LogP contribution in [-0.4, -0.2) is 31.9 Å². The Bertz CT molecular complexity index is 384. The number of hydrogen-bond donors (Lipinski definition) is 2. The first-order chi connectivity index (χ1) is 9.27. The molecule has 0 bridgehead atoms. The maximum absolute atomic E-state index is 9.96. The van der Waals surface area contributed by atoms with Crippen LogP contribution in [0, 0.1) is 11.3 Å². The summed E-state index contributed by atoms with van der Waals surface area (Å²) >= 11 is 0. The molecule has 0 spiro atoms.